The van der Waals surface area contributed by atoms with E-state index < -0.39 is 0 Å². The van der Waals surface area contributed by atoms with Crippen LogP contribution in [0.15, 0.2) is 42.6 Å². The minimum Gasteiger partial charge on any atom is -0.337 e. The van der Waals surface area contributed by atoms with Crippen molar-refractivity contribution in [3.63, 3.8) is 0 Å². The fraction of sp³-hybridized carbons (Fsp3) is 0.545. The lowest BCUT2D eigenvalue weighted by atomic mass is 9.62. The summed E-state index contributed by atoms with van der Waals surface area (Å²) in [6, 6.07) is 13.7. The average molecular weight is 367 g/mol. The molecule has 1 amide bonds. The smallest absolute Gasteiger partial charge is 0.274 e. The Labute approximate surface area is 162 Å². The Morgan fingerprint density at radius 1 is 1.19 bits per heavy atom. The number of likely N-dealkylation sites (tertiary alicyclic amines) is 2. The minimum absolute atomic E-state index is 0.0772. The summed E-state index contributed by atoms with van der Waals surface area (Å²) < 4.78 is 1.82. The van der Waals surface area contributed by atoms with Crippen LogP contribution < -0.4 is 0 Å². The topological polar surface area (TPSA) is 41.4 Å². The highest BCUT2D eigenvalue weighted by Gasteiger charge is 2.54. The van der Waals surface area contributed by atoms with Crippen molar-refractivity contribution in [2.24, 2.45) is 5.41 Å². The van der Waals surface area contributed by atoms with Crippen molar-refractivity contribution in [3.05, 3.63) is 53.9 Å². The molecule has 1 atom stereocenters. The van der Waals surface area contributed by atoms with E-state index >= 15 is 0 Å². The third-order valence-corrected chi connectivity index (χ3v) is 6.42. The lowest BCUT2D eigenvalue weighted by molar-refractivity contribution is -0.124. The molecular weight excluding hydrogens is 336 g/mol. The Bertz CT molecular complexity index is 790. The molecular formula is C22H30N4O. The minimum atomic E-state index is 0.0772. The molecule has 2 fully saturated rings. The fourth-order valence-corrected chi connectivity index (χ4v) is 4.84. The molecule has 1 spiro atoms. The summed E-state index contributed by atoms with van der Waals surface area (Å²) in [4.78, 5) is 17.4. The van der Waals surface area contributed by atoms with Gasteiger partial charge in [0.25, 0.3) is 5.91 Å². The summed E-state index contributed by atoms with van der Waals surface area (Å²) in [6.45, 7) is 10.2. The van der Waals surface area contributed by atoms with E-state index in [4.69, 9.17) is 0 Å². The summed E-state index contributed by atoms with van der Waals surface area (Å²) in [5.74, 6) is 0.0772. The number of benzene rings is 1. The van der Waals surface area contributed by atoms with Gasteiger partial charge in [-0.1, -0.05) is 30.3 Å². The maximum absolute atomic E-state index is 12.8. The maximum Gasteiger partial charge on any atom is 0.274 e. The number of carbonyl (C=O) groups is 1. The van der Waals surface area contributed by atoms with Crippen LogP contribution in [0.2, 0.25) is 0 Å². The van der Waals surface area contributed by atoms with Crippen molar-refractivity contribution in [2.45, 2.75) is 52.2 Å². The van der Waals surface area contributed by atoms with E-state index in [1.807, 2.05) is 28.8 Å². The monoisotopic (exact) mass is 366 g/mol. The molecule has 5 heteroatoms. The van der Waals surface area contributed by atoms with Gasteiger partial charge in [0.15, 0.2) is 0 Å². The van der Waals surface area contributed by atoms with Crippen LogP contribution in [0, 0.1) is 5.41 Å². The van der Waals surface area contributed by atoms with Crippen LogP contribution in [-0.4, -0.2) is 51.2 Å². The molecule has 4 rings (SSSR count). The number of hydrogen-bond donors (Lipinski definition) is 0. The predicted molar refractivity (Wildman–Crippen MR) is 106 cm³/mol. The van der Waals surface area contributed by atoms with Gasteiger partial charge >= 0.3 is 0 Å². The lowest BCUT2D eigenvalue weighted by Gasteiger charge is -2.62. The molecule has 144 valence electrons. The Kier molecular flexibility index (Phi) is 4.81. The Morgan fingerprint density at radius 2 is 1.89 bits per heavy atom. The number of aryl methyl sites for hydroxylation is 1. The van der Waals surface area contributed by atoms with Gasteiger partial charge in [-0.25, -0.2) is 0 Å². The zero-order valence-corrected chi connectivity index (χ0v) is 16.6. The number of aromatic nitrogens is 2. The van der Waals surface area contributed by atoms with E-state index in [1.54, 1.807) is 0 Å². The number of piperidine rings is 1. The van der Waals surface area contributed by atoms with Crippen molar-refractivity contribution in [2.75, 3.05) is 19.6 Å². The Morgan fingerprint density at radius 3 is 2.48 bits per heavy atom. The summed E-state index contributed by atoms with van der Waals surface area (Å²) in [6.07, 6.45) is 4.02. The molecule has 5 nitrogen and oxygen atoms in total. The Balaban J connectivity index is 1.48. The Hall–Kier alpha value is -2.14. The molecule has 2 aliphatic rings. The molecule has 0 N–H and O–H groups in total. The van der Waals surface area contributed by atoms with E-state index in [0.29, 0.717) is 23.2 Å². The molecule has 2 aromatic rings. The maximum atomic E-state index is 12.8. The number of hydrogen-bond acceptors (Lipinski definition) is 3. The van der Waals surface area contributed by atoms with Crippen LogP contribution in [0.3, 0.4) is 0 Å². The molecule has 0 saturated carbocycles. The molecule has 1 aromatic heterocycles. The van der Waals surface area contributed by atoms with Gasteiger partial charge in [-0.2, -0.15) is 5.10 Å². The largest absolute Gasteiger partial charge is 0.337 e. The molecule has 0 radical (unpaired) electrons. The summed E-state index contributed by atoms with van der Waals surface area (Å²) >= 11 is 0. The number of carbonyl (C=O) groups excluding carboxylic acids is 1. The number of amides is 1. The van der Waals surface area contributed by atoms with Gasteiger partial charge in [0.1, 0.15) is 5.69 Å². The van der Waals surface area contributed by atoms with Gasteiger partial charge in [0, 0.05) is 49.9 Å². The zero-order chi connectivity index (χ0) is 19.0. The number of rotatable bonds is 4. The predicted octanol–water partition coefficient (Wildman–Crippen LogP) is 3.59. The van der Waals surface area contributed by atoms with Gasteiger partial charge in [-0.3, -0.25) is 14.4 Å². The first kappa shape index (κ1) is 18.2. The first-order valence-corrected chi connectivity index (χ1v) is 10.2. The lowest BCUT2D eigenvalue weighted by Crippen LogP contribution is -2.64. The van der Waals surface area contributed by atoms with Crippen molar-refractivity contribution < 1.29 is 4.79 Å². The van der Waals surface area contributed by atoms with Crippen molar-refractivity contribution in [3.8, 4) is 0 Å². The van der Waals surface area contributed by atoms with E-state index in [0.717, 1.165) is 39.0 Å². The second kappa shape index (κ2) is 7.12. The van der Waals surface area contributed by atoms with Crippen molar-refractivity contribution in [1.29, 1.82) is 0 Å². The second-order valence-corrected chi connectivity index (χ2v) is 8.29. The molecule has 3 heterocycles. The van der Waals surface area contributed by atoms with Crippen molar-refractivity contribution >= 4 is 5.91 Å². The highest BCUT2D eigenvalue weighted by Crippen LogP contribution is 2.55. The highest BCUT2D eigenvalue weighted by molar-refractivity contribution is 5.92. The first-order valence-electron chi connectivity index (χ1n) is 10.2. The van der Waals surface area contributed by atoms with Gasteiger partial charge in [-0.05, 0) is 45.2 Å². The van der Waals surface area contributed by atoms with Gasteiger partial charge < -0.3 is 4.90 Å². The molecule has 1 unspecified atom stereocenters. The average Bonchev–Trinajstić information content (AvgIpc) is 3.16. The van der Waals surface area contributed by atoms with E-state index in [-0.39, 0.29) is 5.91 Å². The molecule has 2 saturated heterocycles. The first-order chi connectivity index (χ1) is 13.0. The zero-order valence-electron chi connectivity index (χ0n) is 16.6. The van der Waals surface area contributed by atoms with Gasteiger partial charge in [-0.15, -0.1) is 0 Å². The third kappa shape index (κ3) is 3.18. The van der Waals surface area contributed by atoms with Crippen LogP contribution in [0.5, 0.6) is 0 Å². The van der Waals surface area contributed by atoms with Crippen LogP contribution >= 0.6 is 0 Å². The quantitative estimate of drug-likeness (QED) is 0.830. The highest BCUT2D eigenvalue weighted by atomic mass is 16.2. The summed E-state index contributed by atoms with van der Waals surface area (Å²) in [7, 11) is 0. The molecule has 2 aliphatic heterocycles. The molecule has 0 aliphatic carbocycles. The summed E-state index contributed by atoms with van der Waals surface area (Å²) in [5.41, 5.74) is 2.29. The number of nitrogens with zero attached hydrogens (tertiary/aromatic N) is 4. The van der Waals surface area contributed by atoms with Crippen LogP contribution in [-0.2, 0) is 6.54 Å². The van der Waals surface area contributed by atoms with E-state index in [1.165, 1.54) is 5.56 Å². The van der Waals surface area contributed by atoms with E-state index in [2.05, 4.69) is 54.2 Å². The van der Waals surface area contributed by atoms with Crippen molar-refractivity contribution in [1.82, 2.24) is 19.6 Å². The summed E-state index contributed by atoms with van der Waals surface area (Å²) in [5, 5.41) is 4.39. The third-order valence-electron chi connectivity index (χ3n) is 6.42. The molecule has 27 heavy (non-hydrogen) atoms. The second-order valence-electron chi connectivity index (χ2n) is 8.29. The normalized spacial score (nSPS) is 22.2. The van der Waals surface area contributed by atoms with Crippen LogP contribution in [0.4, 0.5) is 0 Å². The van der Waals surface area contributed by atoms with Gasteiger partial charge in [0.05, 0.1) is 0 Å². The van der Waals surface area contributed by atoms with E-state index in [9.17, 15) is 4.79 Å². The van der Waals surface area contributed by atoms with Crippen LogP contribution in [0.1, 0.15) is 55.7 Å². The SMILES string of the molecule is CCn1ccc(C(=O)N2CCC3(CC2)CN(C(C)C)C3c2ccccc2)n1. The van der Waals surface area contributed by atoms with Gasteiger partial charge in [0.2, 0.25) is 0 Å². The van der Waals surface area contributed by atoms with Crippen LogP contribution in [0.25, 0.3) is 0 Å². The molecule has 0 bridgehead atoms. The molecule has 1 aromatic carbocycles. The fourth-order valence-electron chi connectivity index (χ4n) is 4.84. The standard InChI is InChI=1S/C22H30N4O/c1-4-25-13-10-19(23-25)21(27)24-14-11-22(12-15-24)16-26(17(2)3)20(22)18-8-6-5-7-9-18/h5-10,13,17,20H,4,11-12,14-16H2,1-3H3.